The van der Waals surface area contributed by atoms with Gasteiger partial charge >= 0.3 is 0 Å². The normalized spacial score (nSPS) is 15.5. The first kappa shape index (κ1) is 14.9. The van der Waals surface area contributed by atoms with E-state index in [9.17, 15) is 9.90 Å². The number of rotatable bonds is 3. The maximum absolute atomic E-state index is 13.0. The highest BCUT2D eigenvalue weighted by molar-refractivity contribution is 5.95. The molecular formula is C19H19N3O2. The fourth-order valence-corrected chi connectivity index (χ4v) is 3.63. The molecule has 4 rings (SSSR count). The van der Waals surface area contributed by atoms with E-state index in [0.717, 1.165) is 27.8 Å². The van der Waals surface area contributed by atoms with Crippen molar-refractivity contribution in [2.45, 2.75) is 19.1 Å². The molecule has 1 aromatic heterocycles. The Bertz CT molecular complexity index is 1010. The molecule has 0 spiro atoms. The minimum Gasteiger partial charge on any atom is -0.399 e. The zero-order valence-electron chi connectivity index (χ0n) is 13.2. The Morgan fingerprint density at radius 3 is 2.71 bits per heavy atom. The zero-order valence-corrected chi connectivity index (χ0v) is 13.2. The van der Waals surface area contributed by atoms with Crippen LogP contribution in [0.15, 0.2) is 47.3 Å². The average molecular weight is 321 g/mol. The third-order valence-electron chi connectivity index (χ3n) is 4.70. The van der Waals surface area contributed by atoms with E-state index in [1.165, 1.54) is 0 Å². The highest BCUT2D eigenvalue weighted by atomic mass is 16.3. The van der Waals surface area contributed by atoms with Gasteiger partial charge in [-0.3, -0.25) is 4.79 Å². The van der Waals surface area contributed by atoms with Gasteiger partial charge in [-0.25, -0.2) is 0 Å². The average Bonchev–Trinajstić information content (AvgIpc) is 2.89. The number of aliphatic hydroxyl groups excluding tert-OH is 1. The van der Waals surface area contributed by atoms with Gasteiger partial charge in [0.1, 0.15) is 6.10 Å². The Morgan fingerprint density at radius 2 is 1.92 bits per heavy atom. The molecule has 5 N–H and O–H groups in total. The SMILES string of the molecule is NCCCn1c2c(c3ccc(N)cc3c1=O)C(O)c1ccccc1-2. The number of benzene rings is 2. The predicted octanol–water partition coefficient (Wildman–Crippen LogP) is 1.99. The molecule has 122 valence electrons. The van der Waals surface area contributed by atoms with Gasteiger partial charge in [0, 0.05) is 28.7 Å². The highest BCUT2D eigenvalue weighted by Gasteiger charge is 2.32. The Kier molecular flexibility index (Phi) is 3.40. The number of fused-ring (bicyclic) bond motifs is 5. The standard InChI is InChI=1S/C19H19N3O2/c20-8-3-9-22-17-13-4-1-2-5-14(13)18(23)16(17)12-7-6-11(21)10-15(12)19(22)24/h1-2,4-7,10,18,23H,3,8-9,20-21H2. The van der Waals surface area contributed by atoms with E-state index in [0.29, 0.717) is 30.6 Å². The third-order valence-corrected chi connectivity index (χ3v) is 4.70. The smallest absolute Gasteiger partial charge is 0.258 e. The molecule has 24 heavy (non-hydrogen) atoms. The van der Waals surface area contributed by atoms with Crippen LogP contribution in [-0.2, 0) is 6.54 Å². The molecule has 2 aromatic carbocycles. The summed E-state index contributed by atoms with van der Waals surface area (Å²) in [5.41, 5.74) is 15.3. The summed E-state index contributed by atoms with van der Waals surface area (Å²) in [4.78, 5) is 13.0. The summed E-state index contributed by atoms with van der Waals surface area (Å²) in [7, 11) is 0. The molecule has 0 saturated carbocycles. The van der Waals surface area contributed by atoms with Gasteiger partial charge in [0.25, 0.3) is 5.56 Å². The van der Waals surface area contributed by atoms with E-state index in [1.54, 1.807) is 16.7 Å². The molecule has 0 fully saturated rings. The van der Waals surface area contributed by atoms with Crippen molar-refractivity contribution in [1.82, 2.24) is 4.57 Å². The molecule has 5 nitrogen and oxygen atoms in total. The van der Waals surface area contributed by atoms with Crippen LogP contribution < -0.4 is 17.0 Å². The van der Waals surface area contributed by atoms with Gasteiger partial charge in [-0.05, 0) is 36.0 Å². The van der Waals surface area contributed by atoms with Crippen molar-refractivity contribution in [2.24, 2.45) is 5.73 Å². The first-order chi connectivity index (χ1) is 11.6. The molecule has 0 radical (unpaired) electrons. The topological polar surface area (TPSA) is 94.3 Å². The molecule has 1 aliphatic carbocycles. The van der Waals surface area contributed by atoms with Gasteiger partial charge in [0.15, 0.2) is 0 Å². The molecule has 1 aliphatic rings. The van der Waals surface area contributed by atoms with Crippen molar-refractivity contribution in [3.05, 3.63) is 63.9 Å². The minimum atomic E-state index is -0.743. The van der Waals surface area contributed by atoms with E-state index < -0.39 is 6.10 Å². The van der Waals surface area contributed by atoms with Crippen LogP contribution in [0.4, 0.5) is 5.69 Å². The number of aromatic nitrogens is 1. The van der Waals surface area contributed by atoms with E-state index in [2.05, 4.69) is 0 Å². The van der Waals surface area contributed by atoms with Crippen molar-refractivity contribution in [3.63, 3.8) is 0 Å². The molecule has 3 aromatic rings. The maximum atomic E-state index is 13.0. The van der Waals surface area contributed by atoms with Crippen molar-refractivity contribution in [3.8, 4) is 11.3 Å². The predicted molar refractivity (Wildman–Crippen MR) is 95.8 cm³/mol. The number of nitrogens with zero attached hydrogens (tertiary/aromatic N) is 1. The number of anilines is 1. The van der Waals surface area contributed by atoms with Crippen LogP contribution in [0, 0.1) is 0 Å². The Balaban J connectivity index is 2.15. The Labute approximate surface area is 139 Å². The van der Waals surface area contributed by atoms with Gasteiger partial charge in [-0.1, -0.05) is 30.3 Å². The number of aliphatic hydroxyl groups is 1. The monoisotopic (exact) mass is 321 g/mol. The number of hydrogen-bond donors (Lipinski definition) is 3. The molecule has 1 heterocycles. The highest BCUT2D eigenvalue weighted by Crippen LogP contribution is 2.45. The van der Waals surface area contributed by atoms with Crippen LogP contribution in [0.2, 0.25) is 0 Å². The lowest BCUT2D eigenvalue weighted by atomic mass is 10.0. The Hall–Kier alpha value is -2.63. The lowest BCUT2D eigenvalue weighted by Crippen LogP contribution is -2.24. The van der Waals surface area contributed by atoms with Gasteiger partial charge in [-0.2, -0.15) is 0 Å². The lowest BCUT2D eigenvalue weighted by Gasteiger charge is -2.16. The number of nitrogens with two attached hydrogens (primary N) is 2. The first-order valence-corrected chi connectivity index (χ1v) is 8.07. The van der Waals surface area contributed by atoms with Crippen LogP contribution in [0.3, 0.4) is 0 Å². The molecule has 0 bridgehead atoms. The second-order valence-electron chi connectivity index (χ2n) is 6.16. The summed E-state index contributed by atoms with van der Waals surface area (Å²) < 4.78 is 1.74. The second kappa shape index (κ2) is 5.47. The van der Waals surface area contributed by atoms with Crippen molar-refractivity contribution >= 4 is 16.5 Å². The number of hydrogen-bond acceptors (Lipinski definition) is 4. The fraction of sp³-hybridized carbons (Fsp3) is 0.211. The molecule has 1 unspecified atom stereocenters. The fourth-order valence-electron chi connectivity index (χ4n) is 3.63. The molecule has 5 heteroatoms. The summed E-state index contributed by atoms with van der Waals surface area (Å²) in [5.74, 6) is 0. The number of nitrogen functional groups attached to an aromatic ring is 1. The lowest BCUT2D eigenvalue weighted by molar-refractivity contribution is 0.226. The van der Waals surface area contributed by atoms with E-state index in [4.69, 9.17) is 11.5 Å². The van der Waals surface area contributed by atoms with Crippen molar-refractivity contribution in [2.75, 3.05) is 12.3 Å². The van der Waals surface area contributed by atoms with E-state index in [1.807, 2.05) is 30.3 Å². The van der Waals surface area contributed by atoms with Crippen molar-refractivity contribution < 1.29 is 5.11 Å². The quantitative estimate of drug-likeness (QED) is 0.643. The van der Waals surface area contributed by atoms with E-state index >= 15 is 0 Å². The van der Waals surface area contributed by atoms with E-state index in [-0.39, 0.29) is 5.56 Å². The summed E-state index contributed by atoms with van der Waals surface area (Å²) in [6, 6.07) is 13.0. The summed E-state index contributed by atoms with van der Waals surface area (Å²) in [6.07, 6.45) is -0.0506. The van der Waals surface area contributed by atoms with Crippen LogP contribution in [0.1, 0.15) is 23.7 Å². The van der Waals surface area contributed by atoms with Crippen LogP contribution in [0.25, 0.3) is 22.0 Å². The third kappa shape index (κ3) is 1.99. The van der Waals surface area contributed by atoms with Gasteiger partial charge in [0.2, 0.25) is 0 Å². The second-order valence-corrected chi connectivity index (χ2v) is 6.16. The summed E-state index contributed by atoms with van der Waals surface area (Å²) in [5, 5.41) is 12.2. The van der Waals surface area contributed by atoms with Crippen LogP contribution in [-0.4, -0.2) is 16.2 Å². The maximum Gasteiger partial charge on any atom is 0.258 e. The summed E-state index contributed by atoms with van der Waals surface area (Å²) >= 11 is 0. The van der Waals surface area contributed by atoms with Crippen LogP contribution >= 0.6 is 0 Å². The van der Waals surface area contributed by atoms with Gasteiger partial charge in [-0.15, -0.1) is 0 Å². The minimum absolute atomic E-state index is 0.0894. The van der Waals surface area contributed by atoms with Gasteiger partial charge in [0.05, 0.1) is 5.69 Å². The molecule has 0 saturated heterocycles. The van der Waals surface area contributed by atoms with Gasteiger partial charge < -0.3 is 21.1 Å². The zero-order chi connectivity index (χ0) is 16.8. The molecule has 0 aliphatic heterocycles. The first-order valence-electron chi connectivity index (χ1n) is 8.07. The van der Waals surface area contributed by atoms with Crippen LogP contribution in [0.5, 0.6) is 0 Å². The molecular weight excluding hydrogens is 302 g/mol. The summed E-state index contributed by atoms with van der Waals surface area (Å²) in [6.45, 7) is 1.02. The molecule has 1 atom stereocenters. The largest absolute Gasteiger partial charge is 0.399 e. The molecule has 0 amide bonds. The van der Waals surface area contributed by atoms with Crippen molar-refractivity contribution in [1.29, 1.82) is 0 Å². The number of pyridine rings is 1. The Morgan fingerprint density at radius 1 is 1.12 bits per heavy atom.